The first-order chi connectivity index (χ1) is 20.5. The highest BCUT2D eigenvalue weighted by Crippen LogP contribution is 2.20. The predicted molar refractivity (Wildman–Crippen MR) is 150 cm³/mol. The van der Waals surface area contributed by atoms with E-state index in [0.29, 0.717) is 12.7 Å². The highest BCUT2D eigenvalue weighted by molar-refractivity contribution is 5.98. The first-order valence-electron chi connectivity index (χ1n) is 13.9. The number of amides is 6. The van der Waals surface area contributed by atoms with Crippen LogP contribution in [0.15, 0.2) is 0 Å². The smallest absolute Gasteiger partial charge is 0.305 e. The Bertz CT molecular complexity index is 1130. The van der Waals surface area contributed by atoms with Crippen LogP contribution in [0.1, 0.15) is 59.3 Å². The molecule has 1 aliphatic rings. The van der Waals surface area contributed by atoms with Gasteiger partial charge in [-0.3, -0.25) is 38.4 Å². The molecule has 246 valence electrons. The number of carbonyl (C=O) groups excluding carboxylic acids is 7. The molecule has 1 aliphatic heterocycles. The van der Waals surface area contributed by atoms with Crippen molar-refractivity contribution in [1.29, 1.82) is 0 Å². The summed E-state index contributed by atoms with van der Waals surface area (Å²) in [5.41, 5.74) is 10.7. The fourth-order valence-corrected chi connectivity index (χ4v) is 4.45. The van der Waals surface area contributed by atoms with E-state index in [2.05, 4.69) is 21.3 Å². The third-order valence-electron chi connectivity index (χ3n) is 6.52. The summed E-state index contributed by atoms with van der Waals surface area (Å²) in [6.07, 6.45) is -1.26. The molecule has 1 saturated heterocycles. The Morgan fingerprint density at radius 1 is 0.818 bits per heavy atom. The quantitative estimate of drug-likeness (QED) is 0.0682. The molecule has 44 heavy (non-hydrogen) atoms. The molecule has 0 bridgehead atoms. The van der Waals surface area contributed by atoms with Crippen LogP contribution in [0.2, 0.25) is 0 Å². The van der Waals surface area contributed by atoms with E-state index < -0.39 is 103 Å². The van der Waals surface area contributed by atoms with Crippen LogP contribution in [0, 0.1) is 5.92 Å². The molecule has 0 aromatic carbocycles. The van der Waals surface area contributed by atoms with Gasteiger partial charge in [-0.15, -0.1) is 0 Å². The van der Waals surface area contributed by atoms with Crippen LogP contribution in [0.25, 0.3) is 0 Å². The molecule has 18 heteroatoms. The van der Waals surface area contributed by atoms with Crippen LogP contribution in [0.4, 0.5) is 0 Å². The molecule has 1 heterocycles. The van der Waals surface area contributed by atoms with E-state index in [1.807, 2.05) is 0 Å². The van der Waals surface area contributed by atoms with E-state index in [9.17, 15) is 48.3 Å². The average Bonchev–Trinajstić information content (AvgIpc) is 3.40. The summed E-state index contributed by atoms with van der Waals surface area (Å²) >= 11 is 0. The molecule has 0 spiro atoms. The second-order valence-corrected chi connectivity index (χ2v) is 10.9. The second kappa shape index (κ2) is 17.5. The number of primary amides is 1. The zero-order valence-electron chi connectivity index (χ0n) is 24.7. The predicted octanol–water partition coefficient (Wildman–Crippen LogP) is -3.67. The Labute approximate surface area is 253 Å². The highest BCUT2D eigenvalue weighted by atomic mass is 16.4. The standard InChI is InChI=1S/C26H41N7O11/c1-12(2)7-15(24(42)30-16(9-19(28)35)23(41)29-13(3)11-34)31-25(43)18-5-4-6-33(18)26(44)17(10-21(38)39)32-22(40)14(27)8-20(36)37/h11-18H,4-10,27H2,1-3H3,(H2,28,35)(H,29,41)(H,30,42)(H,31,43)(H,32,40)(H,36,37)(H,38,39)/t13-,14-,15-,16-,17-,18-/m0/s1. The number of carbonyl (C=O) groups is 9. The van der Waals surface area contributed by atoms with Gasteiger partial charge in [-0.05, 0) is 32.1 Å². The van der Waals surface area contributed by atoms with E-state index in [4.69, 9.17) is 16.6 Å². The second-order valence-electron chi connectivity index (χ2n) is 10.9. The lowest BCUT2D eigenvalue weighted by molar-refractivity contribution is -0.146. The van der Waals surface area contributed by atoms with Gasteiger partial charge in [0.2, 0.25) is 35.4 Å². The van der Waals surface area contributed by atoms with Crippen LogP contribution in [0.3, 0.4) is 0 Å². The molecular formula is C26H41N7O11. The third-order valence-corrected chi connectivity index (χ3v) is 6.52. The lowest BCUT2D eigenvalue weighted by atomic mass is 10.0. The number of aldehydes is 1. The Kier molecular flexibility index (Phi) is 14.9. The first-order valence-corrected chi connectivity index (χ1v) is 13.9. The number of hydrogen-bond donors (Lipinski definition) is 8. The van der Waals surface area contributed by atoms with Crippen LogP contribution < -0.4 is 32.7 Å². The van der Waals surface area contributed by atoms with Crippen LogP contribution in [-0.4, -0.2) is 112 Å². The Morgan fingerprint density at radius 2 is 1.39 bits per heavy atom. The molecule has 1 rings (SSSR count). The Balaban J connectivity index is 3.14. The lowest BCUT2D eigenvalue weighted by Gasteiger charge is -2.30. The van der Waals surface area contributed by atoms with Crippen LogP contribution >= 0.6 is 0 Å². The summed E-state index contributed by atoms with van der Waals surface area (Å²) in [6, 6.07) is -8.00. The molecule has 0 aromatic rings. The summed E-state index contributed by atoms with van der Waals surface area (Å²) in [4.78, 5) is 111. The topological polar surface area (TPSA) is 297 Å². The van der Waals surface area contributed by atoms with E-state index >= 15 is 0 Å². The maximum absolute atomic E-state index is 13.4. The summed E-state index contributed by atoms with van der Waals surface area (Å²) in [6.45, 7) is 4.90. The van der Waals surface area contributed by atoms with Crippen molar-refractivity contribution in [2.45, 2.75) is 95.5 Å². The van der Waals surface area contributed by atoms with Crippen molar-refractivity contribution in [3.63, 3.8) is 0 Å². The number of carboxylic acid groups (broad SMARTS) is 2. The van der Waals surface area contributed by atoms with E-state index in [1.54, 1.807) is 13.8 Å². The van der Waals surface area contributed by atoms with Crippen molar-refractivity contribution in [2.75, 3.05) is 6.54 Å². The largest absolute Gasteiger partial charge is 0.481 e. The van der Waals surface area contributed by atoms with Gasteiger partial charge in [0.15, 0.2) is 0 Å². The van der Waals surface area contributed by atoms with Gasteiger partial charge in [0, 0.05) is 6.54 Å². The maximum atomic E-state index is 13.4. The van der Waals surface area contributed by atoms with Crippen molar-refractivity contribution in [3.8, 4) is 0 Å². The number of nitrogens with two attached hydrogens (primary N) is 2. The number of nitrogens with zero attached hydrogens (tertiary/aromatic N) is 1. The van der Waals surface area contributed by atoms with Crippen LogP contribution in [-0.2, 0) is 43.2 Å². The fourth-order valence-electron chi connectivity index (χ4n) is 4.45. The van der Waals surface area contributed by atoms with E-state index in [1.165, 1.54) is 6.92 Å². The Hall–Kier alpha value is -4.61. The van der Waals surface area contributed by atoms with Crippen LogP contribution in [0.5, 0.6) is 0 Å². The summed E-state index contributed by atoms with van der Waals surface area (Å²) in [5, 5.41) is 27.5. The highest BCUT2D eigenvalue weighted by Gasteiger charge is 2.40. The third kappa shape index (κ3) is 12.3. The number of hydrogen-bond acceptors (Lipinski definition) is 10. The zero-order valence-corrected chi connectivity index (χ0v) is 24.7. The van der Waals surface area contributed by atoms with Crippen molar-refractivity contribution < 1.29 is 53.4 Å². The molecule has 0 saturated carbocycles. The molecule has 6 atom stereocenters. The molecule has 10 N–H and O–H groups in total. The molecule has 18 nitrogen and oxygen atoms in total. The van der Waals surface area contributed by atoms with Gasteiger partial charge in [-0.25, -0.2) is 0 Å². The number of rotatable bonds is 18. The van der Waals surface area contributed by atoms with E-state index in [-0.39, 0.29) is 25.3 Å². The zero-order chi connectivity index (χ0) is 33.7. The van der Waals surface area contributed by atoms with Gasteiger partial charge in [0.05, 0.1) is 31.3 Å². The molecule has 0 unspecified atom stereocenters. The van der Waals surface area contributed by atoms with Crippen molar-refractivity contribution in [2.24, 2.45) is 17.4 Å². The molecular weight excluding hydrogens is 586 g/mol. The number of nitrogens with one attached hydrogen (secondary N) is 4. The number of carboxylic acids is 2. The normalized spacial score (nSPS) is 17.8. The van der Waals surface area contributed by atoms with Gasteiger partial charge >= 0.3 is 11.9 Å². The minimum atomic E-state index is -1.66. The average molecular weight is 628 g/mol. The monoisotopic (exact) mass is 627 g/mol. The summed E-state index contributed by atoms with van der Waals surface area (Å²) in [5.74, 6) is -8.38. The van der Waals surface area contributed by atoms with Gasteiger partial charge in [-0.1, -0.05) is 13.8 Å². The van der Waals surface area contributed by atoms with Crippen molar-refractivity contribution >= 4 is 53.7 Å². The lowest BCUT2D eigenvalue weighted by Crippen LogP contribution is -2.59. The molecule has 0 radical (unpaired) electrons. The minimum absolute atomic E-state index is 0.0148. The summed E-state index contributed by atoms with van der Waals surface area (Å²) in [7, 11) is 0. The van der Waals surface area contributed by atoms with Crippen molar-refractivity contribution in [1.82, 2.24) is 26.2 Å². The summed E-state index contributed by atoms with van der Waals surface area (Å²) < 4.78 is 0. The van der Waals surface area contributed by atoms with Crippen molar-refractivity contribution in [3.05, 3.63) is 0 Å². The molecule has 6 amide bonds. The van der Waals surface area contributed by atoms with Gasteiger partial charge in [0.1, 0.15) is 30.5 Å². The first kappa shape index (κ1) is 37.4. The van der Waals surface area contributed by atoms with Gasteiger partial charge in [0.25, 0.3) is 0 Å². The van der Waals surface area contributed by atoms with Gasteiger partial charge in [-0.2, -0.15) is 0 Å². The fraction of sp³-hybridized carbons (Fsp3) is 0.654. The number of aliphatic carboxylic acids is 2. The molecule has 1 fully saturated rings. The maximum Gasteiger partial charge on any atom is 0.305 e. The number of likely N-dealkylation sites (tertiary alicyclic amines) is 1. The SMILES string of the molecule is CC(C)C[C@H](NC(=O)[C@@H]1CCCN1C(=O)[C@H](CC(=O)O)NC(=O)[C@@H](N)CC(=O)O)C(=O)N[C@@H](CC(N)=O)C(=O)N[C@@H](C)C=O. The molecule has 0 aliphatic carbocycles. The van der Waals surface area contributed by atoms with E-state index in [0.717, 1.165) is 4.90 Å². The Morgan fingerprint density at radius 3 is 1.91 bits per heavy atom. The van der Waals surface area contributed by atoms with Gasteiger partial charge < -0.3 is 52.6 Å². The molecule has 0 aromatic heterocycles. The minimum Gasteiger partial charge on any atom is -0.481 e.